The number of hydrogen-bond donors (Lipinski definition) is 0. The number of rotatable bonds is 4. The molecule has 2 bridgehead atoms. The molecule has 2 aliphatic carbocycles. The summed E-state index contributed by atoms with van der Waals surface area (Å²) in [5.41, 5.74) is 3.43. The molecule has 32 heavy (non-hydrogen) atoms. The van der Waals surface area contributed by atoms with E-state index in [0.717, 1.165) is 42.9 Å². The van der Waals surface area contributed by atoms with E-state index in [-0.39, 0.29) is 17.5 Å². The lowest BCUT2D eigenvalue weighted by molar-refractivity contribution is -0.136. The molecular formula is C27H27NO4. The van der Waals surface area contributed by atoms with Crippen molar-refractivity contribution in [2.24, 2.45) is 5.92 Å². The molecule has 0 aromatic heterocycles. The highest BCUT2D eigenvalue weighted by Crippen LogP contribution is 2.63. The van der Waals surface area contributed by atoms with Gasteiger partial charge in [-0.05, 0) is 68.1 Å². The molecule has 0 unspecified atom stereocenters. The van der Waals surface area contributed by atoms with Gasteiger partial charge in [-0.3, -0.25) is 0 Å². The lowest BCUT2D eigenvalue weighted by atomic mass is 9.53. The number of likely N-dealkylation sites (N-methyl/N-ethyl adjacent to an activating group) is 1. The summed E-state index contributed by atoms with van der Waals surface area (Å²) in [6.07, 6.45) is 7.95. The third kappa shape index (κ3) is 2.70. The number of piperidine rings is 1. The number of likely N-dealkylation sites (tertiary alicyclic amines) is 1. The van der Waals surface area contributed by atoms with Crippen LogP contribution in [0.4, 0.5) is 0 Å². The smallest absolute Gasteiger partial charge is 0.335 e. The quantitative estimate of drug-likeness (QED) is 0.541. The molecule has 0 radical (unpaired) electrons. The van der Waals surface area contributed by atoms with Crippen LogP contribution in [0, 0.1) is 5.92 Å². The van der Waals surface area contributed by atoms with Crippen LogP contribution in [0.15, 0.2) is 60.4 Å². The van der Waals surface area contributed by atoms with Crippen LogP contribution in [-0.4, -0.2) is 43.7 Å². The van der Waals surface area contributed by atoms with Gasteiger partial charge < -0.3 is 19.1 Å². The first-order valence-corrected chi connectivity index (χ1v) is 11.3. The van der Waals surface area contributed by atoms with E-state index >= 15 is 0 Å². The molecule has 2 aromatic rings. The van der Waals surface area contributed by atoms with Crippen LogP contribution in [0.3, 0.4) is 0 Å². The van der Waals surface area contributed by atoms with E-state index in [1.165, 1.54) is 17.2 Å². The number of allylic oxidation sites excluding steroid dienone is 1. The summed E-state index contributed by atoms with van der Waals surface area (Å²) >= 11 is 0. The van der Waals surface area contributed by atoms with Gasteiger partial charge in [-0.25, -0.2) is 4.79 Å². The Bertz CT molecular complexity index is 1140. The van der Waals surface area contributed by atoms with Crippen LogP contribution < -0.4 is 9.47 Å². The molecule has 0 saturated carbocycles. The molecule has 2 aromatic carbocycles. The third-order valence-corrected chi connectivity index (χ3v) is 7.86. The molecule has 0 N–H and O–H groups in total. The second-order valence-electron chi connectivity index (χ2n) is 9.29. The summed E-state index contributed by atoms with van der Waals surface area (Å²) in [6, 6.07) is 14.4. The van der Waals surface area contributed by atoms with Gasteiger partial charge in [-0.2, -0.15) is 0 Å². The molecule has 0 amide bonds. The van der Waals surface area contributed by atoms with Crippen molar-refractivity contribution in [3.63, 3.8) is 0 Å². The van der Waals surface area contributed by atoms with Crippen LogP contribution in [0.25, 0.3) is 6.08 Å². The summed E-state index contributed by atoms with van der Waals surface area (Å²) in [4.78, 5) is 15.2. The Kier molecular flexibility index (Phi) is 4.44. The summed E-state index contributed by atoms with van der Waals surface area (Å²) in [6.45, 7) is 1.01. The second-order valence-corrected chi connectivity index (χ2v) is 9.29. The number of carbonyl (C=O) groups is 1. The summed E-state index contributed by atoms with van der Waals surface area (Å²) in [5.74, 6) is 2.31. The Morgan fingerprint density at radius 3 is 2.88 bits per heavy atom. The molecule has 6 rings (SSSR count). The van der Waals surface area contributed by atoms with Gasteiger partial charge in [-0.1, -0.05) is 36.4 Å². The predicted octanol–water partition coefficient (Wildman–Crippen LogP) is 4.11. The maximum Gasteiger partial charge on any atom is 0.335 e. The maximum absolute atomic E-state index is 12.7. The highest BCUT2D eigenvalue weighted by Gasteiger charge is 2.64. The standard InChI is InChI=1S/C27H27NO4/c1-28-15-14-27-19-10-12-22(31-23(29)13-8-17-6-4-3-5-7-17)26(27)32-25-21(30-2)11-9-18(24(25)27)16-20(19)28/h3-9,11-13,19-20,26H,10,14-16H2,1-2H3/b13-8+/t19-,20+,26-,27-/m0/s1. The minimum absolute atomic E-state index is 0.165. The number of ether oxygens (including phenoxy) is 3. The van der Waals surface area contributed by atoms with Crippen molar-refractivity contribution < 1.29 is 19.0 Å². The third-order valence-electron chi connectivity index (χ3n) is 7.86. The molecule has 5 heteroatoms. The van der Waals surface area contributed by atoms with Crippen molar-refractivity contribution in [1.82, 2.24) is 4.90 Å². The Balaban J connectivity index is 1.37. The van der Waals surface area contributed by atoms with Crippen LogP contribution in [0.2, 0.25) is 0 Å². The van der Waals surface area contributed by atoms with Gasteiger partial charge >= 0.3 is 5.97 Å². The lowest BCUT2D eigenvalue weighted by Gasteiger charge is -2.56. The fourth-order valence-electron chi connectivity index (χ4n) is 6.44. The average molecular weight is 430 g/mol. The number of methoxy groups -OCH3 is 1. The predicted molar refractivity (Wildman–Crippen MR) is 122 cm³/mol. The first-order chi connectivity index (χ1) is 15.6. The first kappa shape index (κ1) is 19.6. The zero-order chi connectivity index (χ0) is 21.9. The van der Waals surface area contributed by atoms with Crippen molar-refractivity contribution in [3.8, 4) is 11.5 Å². The Morgan fingerprint density at radius 1 is 1.22 bits per heavy atom. The second kappa shape index (κ2) is 7.24. The lowest BCUT2D eigenvalue weighted by Crippen LogP contribution is -2.63. The van der Waals surface area contributed by atoms with Crippen molar-refractivity contribution in [2.45, 2.75) is 36.8 Å². The van der Waals surface area contributed by atoms with Gasteiger partial charge in [0, 0.05) is 23.1 Å². The number of benzene rings is 2. The monoisotopic (exact) mass is 429 g/mol. The molecule has 4 aliphatic rings. The van der Waals surface area contributed by atoms with E-state index in [1.807, 2.05) is 36.4 Å². The summed E-state index contributed by atoms with van der Waals surface area (Å²) < 4.78 is 18.2. The Labute approximate surface area is 188 Å². The van der Waals surface area contributed by atoms with Gasteiger partial charge in [0.1, 0.15) is 5.76 Å². The van der Waals surface area contributed by atoms with Crippen molar-refractivity contribution in [1.29, 1.82) is 0 Å². The van der Waals surface area contributed by atoms with E-state index < -0.39 is 0 Å². The minimum atomic E-state index is -0.373. The molecule has 5 nitrogen and oxygen atoms in total. The maximum atomic E-state index is 12.7. The number of carbonyl (C=O) groups excluding carboxylic acids is 1. The zero-order valence-electron chi connectivity index (χ0n) is 18.4. The first-order valence-electron chi connectivity index (χ1n) is 11.3. The number of nitrogens with zero attached hydrogens (tertiary/aromatic N) is 1. The topological polar surface area (TPSA) is 48.0 Å². The zero-order valence-corrected chi connectivity index (χ0v) is 18.4. The SMILES string of the molecule is COc1ccc2c3c1O[C@H]1C(OC(=O)/C=C/c4ccccc4)=CC[C@H]4[C@@H](C2)N(C)CC[C@]314. The molecule has 2 heterocycles. The van der Waals surface area contributed by atoms with Gasteiger partial charge in [0.15, 0.2) is 17.6 Å². The molecule has 1 spiro atoms. The van der Waals surface area contributed by atoms with E-state index in [4.69, 9.17) is 14.2 Å². The number of hydrogen-bond acceptors (Lipinski definition) is 5. The van der Waals surface area contributed by atoms with Gasteiger partial charge in [0.05, 0.1) is 7.11 Å². The fourth-order valence-corrected chi connectivity index (χ4v) is 6.44. The van der Waals surface area contributed by atoms with Crippen LogP contribution >= 0.6 is 0 Å². The normalized spacial score (nSPS) is 29.8. The van der Waals surface area contributed by atoms with Crippen molar-refractivity contribution in [3.05, 3.63) is 77.1 Å². The van der Waals surface area contributed by atoms with Crippen LogP contribution in [0.5, 0.6) is 11.5 Å². The van der Waals surface area contributed by atoms with Gasteiger partial charge in [-0.15, -0.1) is 0 Å². The van der Waals surface area contributed by atoms with E-state index in [0.29, 0.717) is 17.7 Å². The molecule has 2 aliphatic heterocycles. The van der Waals surface area contributed by atoms with Gasteiger partial charge in [0.2, 0.25) is 0 Å². The molecule has 1 fully saturated rings. The van der Waals surface area contributed by atoms with Crippen LogP contribution in [0.1, 0.15) is 29.5 Å². The largest absolute Gasteiger partial charge is 0.493 e. The van der Waals surface area contributed by atoms with Gasteiger partial charge in [0.25, 0.3) is 0 Å². The highest BCUT2D eigenvalue weighted by atomic mass is 16.6. The summed E-state index contributed by atoms with van der Waals surface area (Å²) in [5, 5.41) is 0. The fraction of sp³-hybridized carbons (Fsp3) is 0.370. The van der Waals surface area contributed by atoms with Crippen molar-refractivity contribution in [2.75, 3.05) is 20.7 Å². The average Bonchev–Trinajstić information content (AvgIpc) is 3.17. The Morgan fingerprint density at radius 2 is 2.06 bits per heavy atom. The van der Waals surface area contributed by atoms with E-state index in [9.17, 15) is 4.79 Å². The van der Waals surface area contributed by atoms with Crippen LogP contribution in [-0.2, 0) is 21.4 Å². The van der Waals surface area contributed by atoms with E-state index in [1.54, 1.807) is 13.2 Å². The van der Waals surface area contributed by atoms with Crippen molar-refractivity contribution >= 4 is 12.0 Å². The molecule has 164 valence electrons. The van der Waals surface area contributed by atoms with E-state index in [2.05, 4.69) is 24.1 Å². The number of esters is 1. The summed E-state index contributed by atoms with van der Waals surface area (Å²) in [7, 11) is 3.91. The minimum Gasteiger partial charge on any atom is -0.493 e. The molecular weight excluding hydrogens is 402 g/mol. The molecule has 1 saturated heterocycles. The molecule has 4 atom stereocenters. The Hall–Kier alpha value is -3.05. The highest BCUT2D eigenvalue weighted by molar-refractivity contribution is 5.88.